The molecule has 2 aromatic rings. The van der Waals surface area contributed by atoms with Crippen LogP contribution in [0.4, 0.5) is 0 Å². The summed E-state index contributed by atoms with van der Waals surface area (Å²) in [7, 11) is 1.79. The van der Waals surface area contributed by atoms with Gasteiger partial charge in [-0.3, -0.25) is 4.79 Å². The van der Waals surface area contributed by atoms with Gasteiger partial charge in [0.1, 0.15) is 5.69 Å². The van der Waals surface area contributed by atoms with E-state index in [0.717, 1.165) is 16.5 Å². The number of fused-ring (bicyclic) bond motifs is 1. The van der Waals surface area contributed by atoms with Crippen molar-refractivity contribution in [2.24, 2.45) is 12.8 Å². The number of nitrogens with zero attached hydrogens (tertiary/aromatic N) is 1. The van der Waals surface area contributed by atoms with Gasteiger partial charge in [-0.15, -0.1) is 0 Å². The Bertz CT molecular complexity index is 557. The summed E-state index contributed by atoms with van der Waals surface area (Å²) in [6.07, 6.45) is 0. The molecule has 1 amide bonds. The molecule has 2 N–H and O–H groups in total. The molecule has 0 atom stereocenters. The SMILES string of the molecule is Cc1c(C(N)=O)n(C)c2c(Cl)cccc12. The quantitative estimate of drug-likeness (QED) is 0.791. The van der Waals surface area contributed by atoms with Crippen molar-refractivity contribution in [2.75, 3.05) is 0 Å². The molecular formula is C11H11ClN2O. The molecule has 0 unspecified atom stereocenters. The lowest BCUT2D eigenvalue weighted by Gasteiger charge is -2.01. The lowest BCUT2D eigenvalue weighted by atomic mass is 10.1. The molecule has 0 saturated carbocycles. The molecule has 0 radical (unpaired) electrons. The third-order valence-electron chi connectivity index (χ3n) is 2.65. The number of hydrogen-bond acceptors (Lipinski definition) is 1. The van der Waals surface area contributed by atoms with E-state index in [9.17, 15) is 4.79 Å². The summed E-state index contributed by atoms with van der Waals surface area (Å²) in [5.41, 5.74) is 7.57. The maximum Gasteiger partial charge on any atom is 0.265 e. The number of amides is 1. The van der Waals surface area contributed by atoms with Crippen molar-refractivity contribution in [3.05, 3.63) is 34.5 Å². The molecule has 15 heavy (non-hydrogen) atoms. The van der Waals surface area contributed by atoms with Crippen molar-refractivity contribution >= 4 is 28.4 Å². The molecule has 0 aliphatic carbocycles. The monoisotopic (exact) mass is 222 g/mol. The number of halogens is 1. The Kier molecular flexibility index (Phi) is 2.20. The van der Waals surface area contributed by atoms with E-state index in [1.807, 2.05) is 19.1 Å². The highest BCUT2D eigenvalue weighted by molar-refractivity contribution is 6.35. The summed E-state index contributed by atoms with van der Waals surface area (Å²) in [6, 6.07) is 5.60. The summed E-state index contributed by atoms with van der Waals surface area (Å²) in [5, 5.41) is 1.60. The third-order valence-corrected chi connectivity index (χ3v) is 2.96. The van der Waals surface area contributed by atoms with Crippen molar-refractivity contribution in [3.63, 3.8) is 0 Å². The number of carbonyl (C=O) groups is 1. The number of carbonyl (C=O) groups excluding carboxylic acids is 1. The lowest BCUT2D eigenvalue weighted by molar-refractivity contribution is 0.0992. The van der Waals surface area contributed by atoms with Crippen LogP contribution < -0.4 is 5.73 Å². The second kappa shape index (κ2) is 3.28. The van der Waals surface area contributed by atoms with E-state index in [-0.39, 0.29) is 0 Å². The predicted octanol–water partition coefficient (Wildman–Crippen LogP) is 2.24. The molecule has 0 saturated heterocycles. The molecule has 0 aliphatic heterocycles. The molecular weight excluding hydrogens is 212 g/mol. The van der Waals surface area contributed by atoms with Crippen LogP contribution in [-0.2, 0) is 7.05 Å². The number of nitrogens with two attached hydrogens (primary N) is 1. The van der Waals surface area contributed by atoms with Crippen molar-refractivity contribution in [2.45, 2.75) is 6.92 Å². The van der Waals surface area contributed by atoms with Crippen molar-refractivity contribution < 1.29 is 4.79 Å². The minimum atomic E-state index is -0.428. The zero-order valence-corrected chi connectivity index (χ0v) is 9.30. The van der Waals surface area contributed by atoms with Gasteiger partial charge in [-0.25, -0.2) is 0 Å². The summed E-state index contributed by atoms with van der Waals surface area (Å²) in [6.45, 7) is 1.87. The first kappa shape index (κ1) is 10.1. The molecule has 0 fully saturated rings. The van der Waals surface area contributed by atoms with E-state index in [2.05, 4.69) is 0 Å². The highest BCUT2D eigenvalue weighted by Gasteiger charge is 2.16. The molecule has 1 aromatic heterocycles. The number of primary amides is 1. The molecule has 0 aliphatic rings. The molecule has 78 valence electrons. The van der Waals surface area contributed by atoms with Gasteiger partial charge >= 0.3 is 0 Å². The summed E-state index contributed by atoms with van der Waals surface area (Å²) in [5.74, 6) is -0.428. The Morgan fingerprint density at radius 1 is 1.47 bits per heavy atom. The molecule has 3 nitrogen and oxygen atoms in total. The highest BCUT2D eigenvalue weighted by Crippen LogP contribution is 2.29. The molecule has 2 rings (SSSR count). The molecule has 4 heteroatoms. The Morgan fingerprint density at radius 3 is 2.67 bits per heavy atom. The van der Waals surface area contributed by atoms with Gasteiger partial charge in [0.25, 0.3) is 5.91 Å². The van der Waals surface area contributed by atoms with Crippen molar-refractivity contribution in [3.8, 4) is 0 Å². The van der Waals surface area contributed by atoms with Gasteiger partial charge in [0.15, 0.2) is 0 Å². The lowest BCUT2D eigenvalue weighted by Crippen LogP contribution is -2.16. The topological polar surface area (TPSA) is 48.0 Å². The van der Waals surface area contributed by atoms with Gasteiger partial charge in [-0.05, 0) is 18.6 Å². The number of rotatable bonds is 1. The van der Waals surface area contributed by atoms with E-state index in [1.165, 1.54) is 0 Å². The predicted molar refractivity (Wildman–Crippen MR) is 61.2 cm³/mol. The molecule has 0 spiro atoms. The first-order valence-electron chi connectivity index (χ1n) is 4.57. The van der Waals surface area contributed by atoms with Crippen LogP contribution in [0.5, 0.6) is 0 Å². The van der Waals surface area contributed by atoms with Crippen molar-refractivity contribution in [1.29, 1.82) is 0 Å². The maximum atomic E-state index is 11.3. The fourth-order valence-corrected chi connectivity index (χ4v) is 2.30. The van der Waals surface area contributed by atoms with Crippen LogP contribution >= 0.6 is 11.6 Å². The van der Waals surface area contributed by atoms with E-state index in [0.29, 0.717) is 10.7 Å². The smallest absolute Gasteiger partial charge is 0.265 e. The first-order valence-corrected chi connectivity index (χ1v) is 4.95. The van der Waals surface area contributed by atoms with Gasteiger partial charge in [-0.2, -0.15) is 0 Å². The molecule has 1 aromatic carbocycles. The first-order chi connectivity index (χ1) is 7.04. The van der Waals surface area contributed by atoms with Crippen LogP contribution in [0.2, 0.25) is 5.02 Å². The van der Waals surface area contributed by atoms with Gasteiger partial charge in [0.2, 0.25) is 0 Å². The normalized spacial score (nSPS) is 10.9. The number of para-hydroxylation sites is 1. The zero-order valence-electron chi connectivity index (χ0n) is 8.54. The van der Waals surface area contributed by atoms with E-state index >= 15 is 0 Å². The number of aromatic nitrogens is 1. The maximum absolute atomic E-state index is 11.3. The van der Waals surface area contributed by atoms with Gasteiger partial charge in [0.05, 0.1) is 10.5 Å². The summed E-state index contributed by atoms with van der Waals surface area (Å²) < 4.78 is 1.75. The van der Waals surface area contributed by atoms with Crippen molar-refractivity contribution in [1.82, 2.24) is 4.57 Å². The van der Waals surface area contributed by atoms with Crippen LogP contribution in [0, 0.1) is 6.92 Å². The second-order valence-corrected chi connectivity index (χ2v) is 3.94. The zero-order chi connectivity index (χ0) is 11.2. The fourth-order valence-electron chi connectivity index (χ4n) is 2.00. The Balaban J connectivity index is 2.98. The number of aryl methyl sites for hydroxylation is 2. The average molecular weight is 223 g/mol. The highest BCUT2D eigenvalue weighted by atomic mass is 35.5. The Labute approximate surface area is 92.4 Å². The van der Waals surface area contributed by atoms with Gasteiger partial charge in [-0.1, -0.05) is 23.7 Å². The minimum Gasteiger partial charge on any atom is -0.364 e. The van der Waals surface area contributed by atoms with E-state index in [4.69, 9.17) is 17.3 Å². The Morgan fingerprint density at radius 2 is 2.13 bits per heavy atom. The number of benzene rings is 1. The van der Waals surface area contributed by atoms with E-state index in [1.54, 1.807) is 17.7 Å². The number of hydrogen-bond donors (Lipinski definition) is 1. The van der Waals surface area contributed by atoms with Crippen LogP contribution in [0.15, 0.2) is 18.2 Å². The average Bonchev–Trinajstić information content (AvgIpc) is 2.40. The summed E-state index contributed by atoms with van der Waals surface area (Å²) in [4.78, 5) is 11.3. The van der Waals surface area contributed by atoms with Gasteiger partial charge in [0, 0.05) is 12.4 Å². The molecule has 1 heterocycles. The van der Waals surface area contributed by atoms with Crippen LogP contribution in [-0.4, -0.2) is 10.5 Å². The second-order valence-electron chi connectivity index (χ2n) is 3.53. The largest absolute Gasteiger partial charge is 0.364 e. The van der Waals surface area contributed by atoms with Crippen LogP contribution in [0.3, 0.4) is 0 Å². The summed E-state index contributed by atoms with van der Waals surface area (Å²) >= 11 is 6.08. The van der Waals surface area contributed by atoms with Crippen LogP contribution in [0.1, 0.15) is 16.1 Å². The Hall–Kier alpha value is -1.48. The standard InChI is InChI=1S/C11H11ClN2O/c1-6-7-4-3-5-8(12)10(7)14(2)9(6)11(13)15/h3-5H,1-2H3,(H2,13,15). The minimum absolute atomic E-state index is 0.428. The van der Waals surface area contributed by atoms with Crippen LogP contribution in [0.25, 0.3) is 10.9 Å². The van der Waals surface area contributed by atoms with E-state index < -0.39 is 5.91 Å². The van der Waals surface area contributed by atoms with Gasteiger partial charge < -0.3 is 10.3 Å². The third kappa shape index (κ3) is 1.31. The fraction of sp³-hybridized carbons (Fsp3) is 0.182. The molecule has 0 bridgehead atoms.